The minimum absolute atomic E-state index is 0.182. The number of ether oxygens (including phenoxy) is 1. The van der Waals surface area contributed by atoms with Gasteiger partial charge in [-0.25, -0.2) is 0 Å². The fraction of sp³-hybridized carbons (Fsp3) is 0.542. The first-order chi connectivity index (χ1) is 14.7. The average molecular weight is 411 g/mol. The van der Waals surface area contributed by atoms with Gasteiger partial charge in [0.1, 0.15) is 11.5 Å². The van der Waals surface area contributed by atoms with Crippen molar-refractivity contribution in [2.24, 2.45) is 10.9 Å². The van der Waals surface area contributed by atoms with E-state index in [1.807, 2.05) is 20.0 Å². The van der Waals surface area contributed by atoms with Crippen LogP contribution in [0.3, 0.4) is 0 Å². The van der Waals surface area contributed by atoms with Crippen LogP contribution in [0.2, 0.25) is 0 Å². The summed E-state index contributed by atoms with van der Waals surface area (Å²) >= 11 is 0. The highest BCUT2D eigenvalue weighted by molar-refractivity contribution is 5.80. The summed E-state index contributed by atoms with van der Waals surface area (Å²) in [7, 11) is 1.88. The molecule has 0 amide bonds. The summed E-state index contributed by atoms with van der Waals surface area (Å²) in [6.07, 6.45) is 2.34. The van der Waals surface area contributed by atoms with Crippen molar-refractivity contribution < 1.29 is 9.15 Å². The van der Waals surface area contributed by atoms with Gasteiger partial charge in [-0.05, 0) is 43.4 Å². The van der Waals surface area contributed by atoms with Crippen molar-refractivity contribution in [2.75, 3.05) is 53.0 Å². The molecule has 4 rings (SSSR count). The highest BCUT2D eigenvalue weighted by Gasteiger charge is 2.28. The second kappa shape index (κ2) is 10.1. The molecule has 2 atom stereocenters. The van der Waals surface area contributed by atoms with Gasteiger partial charge in [0.25, 0.3) is 0 Å². The molecule has 1 aromatic carbocycles. The summed E-state index contributed by atoms with van der Waals surface area (Å²) in [4.78, 5) is 9.43. The van der Waals surface area contributed by atoms with Crippen LogP contribution in [0.4, 0.5) is 0 Å². The Kier molecular flexibility index (Phi) is 7.07. The van der Waals surface area contributed by atoms with Crippen LogP contribution in [-0.2, 0) is 11.2 Å². The van der Waals surface area contributed by atoms with Gasteiger partial charge in [0.05, 0.1) is 19.3 Å². The third-order valence-electron chi connectivity index (χ3n) is 6.19. The molecule has 30 heavy (non-hydrogen) atoms. The lowest BCUT2D eigenvalue weighted by Gasteiger charge is -2.34. The lowest BCUT2D eigenvalue weighted by atomic mass is 9.99. The predicted molar refractivity (Wildman–Crippen MR) is 120 cm³/mol. The number of hydrogen-bond acceptors (Lipinski definition) is 4. The highest BCUT2D eigenvalue weighted by atomic mass is 16.5. The zero-order chi connectivity index (χ0) is 20.8. The summed E-state index contributed by atoms with van der Waals surface area (Å²) in [5.41, 5.74) is 1.42. The highest BCUT2D eigenvalue weighted by Crippen LogP contribution is 2.24. The minimum atomic E-state index is 0.182. The Morgan fingerprint density at radius 2 is 1.93 bits per heavy atom. The van der Waals surface area contributed by atoms with Crippen LogP contribution < -0.4 is 5.32 Å². The van der Waals surface area contributed by atoms with Crippen molar-refractivity contribution in [3.05, 3.63) is 59.5 Å². The van der Waals surface area contributed by atoms with Gasteiger partial charge in [-0.2, -0.15) is 0 Å². The molecule has 1 aromatic heterocycles. The number of benzene rings is 1. The molecule has 2 aliphatic rings. The summed E-state index contributed by atoms with van der Waals surface area (Å²) in [5.74, 6) is 3.64. The minimum Gasteiger partial charge on any atom is -0.465 e. The molecule has 2 saturated heterocycles. The average Bonchev–Trinajstić information content (AvgIpc) is 3.42. The Hall–Kier alpha value is -2.31. The molecular weight excluding hydrogens is 376 g/mol. The number of guanidine groups is 1. The van der Waals surface area contributed by atoms with Crippen molar-refractivity contribution in [1.82, 2.24) is 15.1 Å². The lowest BCUT2D eigenvalue weighted by molar-refractivity contribution is 0.0123. The maximum absolute atomic E-state index is 6.00. The van der Waals surface area contributed by atoms with Gasteiger partial charge in [-0.3, -0.25) is 9.89 Å². The first-order valence-corrected chi connectivity index (χ1v) is 11.1. The standard InChI is InChI=1S/C24H34N4O2/c1-19-8-9-23(30-19)22(27-12-14-29-15-13-27)17-26-24(25-2)28-11-10-21(18-28)16-20-6-4-3-5-7-20/h3-9,21-22H,10-18H2,1-2H3,(H,25,26). The molecule has 0 saturated carbocycles. The Labute approximate surface area is 179 Å². The fourth-order valence-corrected chi connectivity index (χ4v) is 4.59. The largest absolute Gasteiger partial charge is 0.465 e. The van der Waals surface area contributed by atoms with Crippen LogP contribution in [0.15, 0.2) is 51.9 Å². The molecule has 2 aromatic rings. The van der Waals surface area contributed by atoms with Crippen molar-refractivity contribution >= 4 is 5.96 Å². The van der Waals surface area contributed by atoms with Crippen LogP contribution in [0.1, 0.15) is 29.5 Å². The molecule has 1 N–H and O–H groups in total. The van der Waals surface area contributed by atoms with Gasteiger partial charge in [-0.15, -0.1) is 0 Å². The third-order valence-corrected chi connectivity index (χ3v) is 6.19. The van der Waals surface area contributed by atoms with Gasteiger partial charge < -0.3 is 19.4 Å². The molecule has 6 nitrogen and oxygen atoms in total. The molecule has 6 heteroatoms. The molecule has 0 spiro atoms. The number of hydrogen-bond donors (Lipinski definition) is 1. The van der Waals surface area contributed by atoms with Gasteiger partial charge in [-0.1, -0.05) is 30.3 Å². The first kappa shape index (κ1) is 20.9. The fourth-order valence-electron chi connectivity index (χ4n) is 4.59. The van der Waals surface area contributed by atoms with E-state index in [1.54, 1.807) is 0 Å². The van der Waals surface area contributed by atoms with Crippen molar-refractivity contribution in [3.63, 3.8) is 0 Å². The number of aryl methyl sites for hydroxylation is 1. The number of rotatable bonds is 6. The van der Waals surface area contributed by atoms with Gasteiger partial charge >= 0.3 is 0 Å². The Bertz CT molecular complexity index is 814. The van der Waals surface area contributed by atoms with E-state index in [0.29, 0.717) is 5.92 Å². The topological polar surface area (TPSA) is 53.2 Å². The Morgan fingerprint density at radius 1 is 1.13 bits per heavy atom. The van der Waals surface area contributed by atoms with E-state index in [-0.39, 0.29) is 6.04 Å². The molecule has 2 aliphatic heterocycles. The van der Waals surface area contributed by atoms with Gasteiger partial charge in [0.15, 0.2) is 5.96 Å². The van der Waals surface area contributed by atoms with E-state index in [0.717, 1.165) is 69.8 Å². The van der Waals surface area contributed by atoms with Crippen LogP contribution in [-0.4, -0.2) is 68.7 Å². The normalized spacial score (nSPS) is 21.7. The quantitative estimate of drug-likeness (QED) is 0.586. The van der Waals surface area contributed by atoms with E-state index in [4.69, 9.17) is 9.15 Å². The number of nitrogens with zero attached hydrogens (tertiary/aromatic N) is 3. The Morgan fingerprint density at radius 3 is 2.63 bits per heavy atom. The van der Waals surface area contributed by atoms with Crippen molar-refractivity contribution in [3.8, 4) is 0 Å². The molecule has 2 unspecified atom stereocenters. The molecule has 162 valence electrons. The summed E-state index contributed by atoms with van der Waals surface area (Å²) in [6.45, 7) is 8.29. The molecule has 3 heterocycles. The van der Waals surface area contributed by atoms with Crippen LogP contribution in [0.5, 0.6) is 0 Å². The number of aliphatic imine (C=N–C) groups is 1. The van der Waals surface area contributed by atoms with E-state index in [1.165, 1.54) is 12.0 Å². The second-order valence-electron chi connectivity index (χ2n) is 8.33. The molecule has 2 fully saturated rings. The van der Waals surface area contributed by atoms with Crippen LogP contribution in [0, 0.1) is 12.8 Å². The molecule has 0 radical (unpaired) electrons. The maximum Gasteiger partial charge on any atom is 0.193 e. The van der Waals surface area contributed by atoms with Gasteiger partial charge in [0, 0.05) is 39.8 Å². The lowest BCUT2D eigenvalue weighted by Crippen LogP contribution is -2.47. The first-order valence-electron chi connectivity index (χ1n) is 11.1. The number of furan rings is 1. The number of nitrogens with one attached hydrogen (secondary N) is 1. The molecule has 0 aliphatic carbocycles. The summed E-state index contributed by atoms with van der Waals surface area (Å²) < 4.78 is 11.6. The SMILES string of the molecule is CN=C(NCC(c1ccc(C)o1)N1CCOCC1)N1CCC(Cc2ccccc2)C1. The smallest absolute Gasteiger partial charge is 0.193 e. The van der Waals surface area contributed by atoms with Crippen molar-refractivity contribution in [1.29, 1.82) is 0 Å². The summed E-state index contributed by atoms with van der Waals surface area (Å²) in [6, 6.07) is 15.1. The Balaban J connectivity index is 1.36. The molecule has 0 bridgehead atoms. The van der Waals surface area contributed by atoms with E-state index in [2.05, 4.69) is 56.5 Å². The zero-order valence-electron chi connectivity index (χ0n) is 18.2. The predicted octanol–water partition coefficient (Wildman–Crippen LogP) is 3.10. The number of likely N-dealkylation sites (tertiary alicyclic amines) is 1. The maximum atomic E-state index is 6.00. The van der Waals surface area contributed by atoms with E-state index >= 15 is 0 Å². The third kappa shape index (κ3) is 5.24. The summed E-state index contributed by atoms with van der Waals surface area (Å²) in [5, 5.41) is 3.63. The monoisotopic (exact) mass is 410 g/mol. The molecular formula is C24H34N4O2. The van der Waals surface area contributed by atoms with E-state index < -0.39 is 0 Å². The van der Waals surface area contributed by atoms with Crippen molar-refractivity contribution in [2.45, 2.75) is 25.8 Å². The number of morpholine rings is 1. The second-order valence-corrected chi connectivity index (χ2v) is 8.33. The van der Waals surface area contributed by atoms with E-state index in [9.17, 15) is 0 Å². The van der Waals surface area contributed by atoms with Gasteiger partial charge in [0.2, 0.25) is 0 Å². The van der Waals surface area contributed by atoms with Crippen LogP contribution in [0.25, 0.3) is 0 Å². The van der Waals surface area contributed by atoms with Crippen LogP contribution >= 0.6 is 0 Å². The zero-order valence-corrected chi connectivity index (χ0v) is 18.2.